The van der Waals surface area contributed by atoms with Crippen LogP contribution in [0.15, 0.2) is 152 Å². The number of ether oxygens (including phenoxy) is 4. The molecule has 3 amide bonds. The van der Waals surface area contributed by atoms with Gasteiger partial charge in [-0.25, -0.2) is 25.3 Å². The molecule has 97 heavy (non-hydrogen) atoms. The number of methoxy groups -OCH3 is 2. The van der Waals surface area contributed by atoms with Crippen LogP contribution in [0.1, 0.15) is 70.0 Å². The predicted octanol–water partition coefficient (Wildman–Crippen LogP) is 10.6. The van der Waals surface area contributed by atoms with Crippen LogP contribution in [-0.2, 0) is 76.0 Å². The van der Waals surface area contributed by atoms with Crippen molar-refractivity contribution in [1.29, 1.82) is 0 Å². The number of hydrogen-bond donors (Lipinski definition) is 2. The van der Waals surface area contributed by atoms with Crippen molar-refractivity contribution in [3.63, 3.8) is 0 Å². The van der Waals surface area contributed by atoms with E-state index in [0.29, 0.717) is 100 Å². The number of hydrogen-bond acceptors (Lipinski definition) is 17. The van der Waals surface area contributed by atoms with Gasteiger partial charge in [0.15, 0.2) is 17.2 Å². The number of anilines is 3. The average Bonchev–Trinajstić information content (AvgIpc) is 1.68. The van der Waals surface area contributed by atoms with Crippen molar-refractivity contribution in [1.82, 2.24) is 30.1 Å². The van der Waals surface area contributed by atoms with Crippen molar-refractivity contribution in [2.75, 3.05) is 67.0 Å². The fraction of sp³-hybridized carbons (Fsp3) is 0.217. The number of aromatic hydroxyl groups is 1. The fourth-order valence-electron chi connectivity index (χ4n) is 11.8. The summed E-state index contributed by atoms with van der Waals surface area (Å²) in [6, 6.07) is 39.7. The Morgan fingerprint density at radius 2 is 0.876 bits per heavy atom. The molecule has 0 radical (unpaired) electrons. The topological polar surface area (TPSA) is 278 Å². The van der Waals surface area contributed by atoms with Crippen molar-refractivity contribution >= 4 is 121 Å². The number of pyridine rings is 3. The summed E-state index contributed by atoms with van der Waals surface area (Å²) < 4.78 is 101. The van der Waals surface area contributed by atoms with Crippen molar-refractivity contribution in [2.24, 2.45) is 0 Å². The van der Waals surface area contributed by atoms with E-state index >= 15 is 0 Å². The molecule has 13 rings (SSSR count). The summed E-state index contributed by atoms with van der Waals surface area (Å²) in [5, 5.41) is 16.3. The van der Waals surface area contributed by atoms with E-state index in [4.69, 9.17) is 42.1 Å². The second-order valence-corrected chi connectivity index (χ2v) is 30.0. The Morgan fingerprint density at radius 3 is 1.29 bits per heavy atom. The molecule has 0 spiro atoms. The molecule has 0 fully saturated rings. The summed E-state index contributed by atoms with van der Waals surface area (Å²) >= 11 is 12.2. The van der Waals surface area contributed by atoms with E-state index in [9.17, 15) is 44.7 Å². The third kappa shape index (κ3) is 14.0. The number of nitrogens with one attached hydrogen (secondary N) is 1. The first-order chi connectivity index (χ1) is 46.2. The lowest BCUT2D eigenvalue weighted by atomic mass is 10.0. The quantitative estimate of drug-likeness (QED) is 0.0807. The zero-order valence-electron chi connectivity index (χ0n) is 53.7. The van der Waals surface area contributed by atoms with Crippen LogP contribution in [0.25, 0.3) is 32.7 Å². The van der Waals surface area contributed by atoms with Crippen LogP contribution in [-0.4, -0.2) is 127 Å². The molecule has 0 aliphatic carbocycles. The molecule has 6 heterocycles. The third-order valence-corrected chi connectivity index (χ3v) is 20.7. The van der Waals surface area contributed by atoms with Crippen molar-refractivity contribution in [3.05, 3.63) is 218 Å². The maximum Gasteiger partial charge on any atom is 0.258 e. The van der Waals surface area contributed by atoms with Gasteiger partial charge in [-0.15, -0.1) is 0 Å². The molecule has 2 N–H and O–H groups in total. The number of halogens is 2. The summed E-state index contributed by atoms with van der Waals surface area (Å²) in [4.78, 5) is 56.0. The fourth-order valence-corrected chi connectivity index (χ4v) is 13.9. The molecule has 0 saturated carbocycles. The molecule has 3 aromatic heterocycles. The summed E-state index contributed by atoms with van der Waals surface area (Å²) in [7, 11) is -3.21. The summed E-state index contributed by atoms with van der Waals surface area (Å²) in [6.45, 7) is 1.57. The van der Waals surface area contributed by atoms with Crippen molar-refractivity contribution < 1.29 is 63.7 Å². The van der Waals surface area contributed by atoms with Crippen LogP contribution >= 0.6 is 23.2 Å². The molecule has 0 saturated heterocycles. The van der Waals surface area contributed by atoms with Crippen LogP contribution in [0.2, 0.25) is 10.0 Å². The zero-order valence-corrected chi connectivity index (χ0v) is 57.7. The van der Waals surface area contributed by atoms with Gasteiger partial charge in [-0.05, 0) is 107 Å². The lowest BCUT2D eigenvalue weighted by Crippen LogP contribution is -2.26. The maximum atomic E-state index is 13.9. The molecular weight excluding hydrogens is 1350 g/mol. The normalized spacial score (nSPS) is 13.3. The van der Waals surface area contributed by atoms with Gasteiger partial charge in [-0.2, -0.15) is 0 Å². The van der Waals surface area contributed by atoms with Gasteiger partial charge in [-0.3, -0.25) is 42.3 Å². The third-order valence-electron chi connectivity index (χ3n) is 16.7. The Bertz CT molecular complexity index is 5150. The van der Waals surface area contributed by atoms with Gasteiger partial charge in [0.1, 0.15) is 41.3 Å². The molecule has 0 unspecified atom stereocenters. The molecule has 0 bridgehead atoms. The minimum absolute atomic E-state index is 0.0868. The number of nitrogens with zero attached hydrogens (tertiary/aromatic N) is 8. The lowest BCUT2D eigenvalue weighted by molar-refractivity contribution is 0.0756. The molecule has 0 atom stereocenters. The predicted molar refractivity (Wildman–Crippen MR) is 373 cm³/mol. The molecule has 3 aliphatic rings. The van der Waals surface area contributed by atoms with Crippen molar-refractivity contribution in [3.8, 4) is 28.7 Å². The monoisotopic (exact) mass is 1410 g/mol. The highest BCUT2D eigenvalue weighted by Gasteiger charge is 2.40. The minimum atomic E-state index is -3.64. The first-order valence-corrected chi connectivity index (χ1v) is 36.1. The van der Waals surface area contributed by atoms with E-state index in [2.05, 4.69) is 20.3 Å². The summed E-state index contributed by atoms with van der Waals surface area (Å²) in [5.41, 5.74) is 8.06. The number of sulfonamides is 3. The Balaban J connectivity index is 0.000000149. The Hall–Kier alpha value is -9.99. The molecule has 10 aromatic rings. The van der Waals surface area contributed by atoms with Gasteiger partial charge in [0.2, 0.25) is 30.1 Å². The van der Waals surface area contributed by atoms with Crippen LogP contribution < -0.4 is 37.2 Å². The van der Waals surface area contributed by atoms with Gasteiger partial charge in [0, 0.05) is 115 Å². The van der Waals surface area contributed by atoms with Gasteiger partial charge in [0.05, 0.1) is 66.7 Å². The van der Waals surface area contributed by atoms with E-state index in [1.807, 2.05) is 66.7 Å². The van der Waals surface area contributed by atoms with E-state index in [0.717, 1.165) is 56.8 Å². The molecule has 3 aliphatic heterocycles. The Labute approximate surface area is 570 Å². The molecule has 7 aromatic carbocycles. The number of carbonyl (C=O) groups excluding carboxylic acids is 3. The number of aromatic nitrogens is 3. The highest BCUT2D eigenvalue weighted by atomic mass is 35.5. The first kappa shape index (κ1) is 68.4. The second-order valence-electron chi connectivity index (χ2n) is 23.0. The van der Waals surface area contributed by atoms with Crippen LogP contribution in [0, 0.1) is 0 Å². The number of phenols is 1. The van der Waals surface area contributed by atoms with E-state index in [1.165, 1.54) is 36.0 Å². The van der Waals surface area contributed by atoms with E-state index < -0.39 is 30.1 Å². The van der Waals surface area contributed by atoms with Crippen LogP contribution in [0.4, 0.5) is 17.1 Å². The summed E-state index contributed by atoms with van der Waals surface area (Å²) in [6.07, 6.45) is 8.03. The van der Waals surface area contributed by atoms with Gasteiger partial charge >= 0.3 is 0 Å². The smallest absolute Gasteiger partial charge is 0.258 e. The number of carbonyl (C=O) groups is 3. The maximum absolute atomic E-state index is 13.9. The molecule has 28 heteroatoms. The SMILES string of the molecule is CN(c1c2c(c(O)c3ncccc13)C(=O)N(Cc1cccc(Cl)c1)C2)S(C)(=O)=O.COc1ccc(COc2c3c(c(N(C)S(C)(=O)=O)c4cccnc24)CN(Cc2cccc(Cl)c2)C3=O)cc1.COc1ccc(COc2c3c(c(N(C)S(C)(=O)=O)c4cccnc24)CNC3=O)cc1. The molecule has 502 valence electrons. The van der Waals surface area contributed by atoms with Gasteiger partial charge < -0.3 is 39.2 Å². The van der Waals surface area contributed by atoms with E-state index in [-0.39, 0.29) is 73.9 Å². The van der Waals surface area contributed by atoms with E-state index in [1.54, 1.807) is 103 Å². The highest BCUT2D eigenvalue weighted by molar-refractivity contribution is 7.92. The van der Waals surface area contributed by atoms with Gasteiger partial charge in [-0.1, -0.05) is 71.7 Å². The zero-order chi connectivity index (χ0) is 69.4. The number of rotatable bonds is 18. The van der Waals surface area contributed by atoms with Crippen molar-refractivity contribution in [2.45, 2.75) is 45.9 Å². The second kappa shape index (κ2) is 27.6. The number of benzene rings is 7. The number of amides is 3. The lowest BCUT2D eigenvalue weighted by Gasteiger charge is -2.23. The van der Waals surface area contributed by atoms with Gasteiger partial charge in [0.25, 0.3) is 17.7 Å². The standard InChI is InChI=1S/C28H26ClN3O5S.C21H21N3O5S.C20H18ClN3O4S/c1-31(38(3,34)35)26-22-8-5-13-30-25(22)27(37-17-18-9-11-21(36-2)12-10-18)24-23(26)16-32(28(24)33)15-19-6-4-7-20(29)14-19;1-24(30(3,26)27)19-15-5-4-10-22-18(15)20(17-16(19)11-23-21(17)25)29-12-13-6-8-14(28-2)9-7-13;1-23(29(2,27)28)18-14-7-4-8-22-17(14)19(25)16-15(18)11-24(20(16)26)10-12-5-3-6-13(21)9-12/h4-14H,15-17H2,1-3H3;4-10H,11-12H2,1-3H3,(H,23,25);3-9,25H,10-11H2,1-2H3. The average molecular weight is 1410 g/mol. The first-order valence-electron chi connectivity index (χ1n) is 29.8. The van der Waals surface area contributed by atoms with Crippen LogP contribution in [0.5, 0.6) is 28.7 Å². The summed E-state index contributed by atoms with van der Waals surface area (Å²) in [5.74, 6) is 0.938. The Morgan fingerprint density at radius 1 is 0.495 bits per heavy atom. The number of fused-ring (bicyclic) bond motifs is 6. The molecule has 23 nitrogen and oxygen atoms in total. The Kier molecular flexibility index (Phi) is 19.5. The largest absolute Gasteiger partial charge is 0.505 e. The minimum Gasteiger partial charge on any atom is -0.505 e. The molecular formula is C69H65Cl2N9O14S3. The highest BCUT2D eigenvalue weighted by Crippen LogP contribution is 2.48. The van der Waals surface area contributed by atoms with Crippen LogP contribution in [0.3, 0.4) is 0 Å². The number of phenolic OH excluding ortho intramolecular Hbond substituents is 1.